The molecule has 0 saturated carbocycles. The number of anilines is 1. The van der Waals surface area contributed by atoms with Gasteiger partial charge in [-0.25, -0.2) is 0 Å². The molecule has 0 aliphatic heterocycles. The molecule has 0 aliphatic carbocycles. The smallest absolute Gasteiger partial charge is 0.0340 e. The van der Waals surface area contributed by atoms with E-state index in [0.717, 1.165) is 6.42 Å². The van der Waals surface area contributed by atoms with Gasteiger partial charge < -0.3 is 5.32 Å². The summed E-state index contributed by atoms with van der Waals surface area (Å²) >= 11 is 0. The van der Waals surface area contributed by atoms with E-state index in [-0.39, 0.29) is 0 Å². The van der Waals surface area contributed by atoms with Crippen molar-refractivity contribution in [2.24, 2.45) is 0 Å². The molecule has 0 aromatic heterocycles. The Hall–Kier alpha value is -1.76. The van der Waals surface area contributed by atoms with Crippen molar-refractivity contribution in [3.63, 3.8) is 0 Å². The van der Waals surface area contributed by atoms with Crippen LogP contribution in [0.4, 0.5) is 5.69 Å². The van der Waals surface area contributed by atoms with E-state index in [4.69, 9.17) is 0 Å². The van der Waals surface area contributed by atoms with Gasteiger partial charge in [0.25, 0.3) is 0 Å². The Balaban J connectivity index is 1.99. The SMILES string of the molecule is CNc1cccc(C[CH]c2ccccc2)c1. The Bertz CT molecular complexity index is 434. The highest BCUT2D eigenvalue weighted by molar-refractivity contribution is 5.45. The van der Waals surface area contributed by atoms with E-state index < -0.39 is 0 Å². The van der Waals surface area contributed by atoms with Crippen LogP contribution in [-0.4, -0.2) is 7.05 Å². The summed E-state index contributed by atoms with van der Waals surface area (Å²) in [6, 6.07) is 18.9. The van der Waals surface area contributed by atoms with Crippen LogP contribution in [0.2, 0.25) is 0 Å². The van der Waals surface area contributed by atoms with Crippen molar-refractivity contribution in [3.05, 3.63) is 72.1 Å². The lowest BCUT2D eigenvalue weighted by Crippen LogP contribution is -1.92. The predicted molar refractivity (Wildman–Crippen MR) is 69.5 cm³/mol. The highest BCUT2D eigenvalue weighted by atomic mass is 14.8. The highest BCUT2D eigenvalue weighted by Crippen LogP contribution is 2.13. The van der Waals surface area contributed by atoms with Gasteiger partial charge in [0.1, 0.15) is 0 Å². The van der Waals surface area contributed by atoms with E-state index in [1.807, 2.05) is 13.1 Å². The third-order valence-corrected chi connectivity index (χ3v) is 2.59. The third-order valence-electron chi connectivity index (χ3n) is 2.59. The maximum absolute atomic E-state index is 3.15. The van der Waals surface area contributed by atoms with Gasteiger partial charge in [0, 0.05) is 12.7 Å². The second kappa shape index (κ2) is 5.36. The zero-order chi connectivity index (χ0) is 11.2. The molecule has 0 amide bonds. The fourth-order valence-electron chi connectivity index (χ4n) is 1.68. The first-order valence-corrected chi connectivity index (χ1v) is 5.53. The fourth-order valence-corrected chi connectivity index (χ4v) is 1.68. The van der Waals surface area contributed by atoms with Crippen molar-refractivity contribution in [1.82, 2.24) is 0 Å². The van der Waals surface area contributed by atoms with E-state index in [1.54, 1.807) is 0 Å². The molecule has 1 N–H and O–H groups in total. The number of rotatable bonds is 4. The average Bonchev–Trinajstić information content (AvgIpc) is 2.38. The molecule has 2 aromatic carbocycles. The van der Waals surface area contributed by atoms with Crippen LogP contribution in [0.5, 0.6) is 0 Å². The average molecular weight is 210 g/mol. The molecule has 1 nitrogen and oxygen atoms in total. The van der Waals surface area contributed by atoms with Crippen LogP contribution in [0.3, 0.4) is 0 Å². The third kappa shape index (κ3) is 2.86. The van der Waals surface area contributed by atoms with Crippen LogP contribution in [0.25, 0.3) is 0 Å². The van der Waals surface area contributed by atoms with Gasteiger partial charge in [0.2, 0.25) is 0 Å². The zero-order valence-corrected chi connectivity index (χ0v) is 9.48. The summed E-state index contributed by atoms with van der Waals surface area (Å²) in [5.41, 5.74) is 3.77. The molecule has 0 fully saturated rings. The van der Waals surface area contributed by atoms with Gasteiger partial charge in [0.15, 0.2) is 0 Å². The molecule has 1 radical (unpaired) electrons. The van der Waals surface area contributed by atoms with Crippen molar-refractivity contribution in [3.8, 4) is 0 Å². The van der Waals surface area contributed by atoms with Crippen LogP contribution >= 0.6 is 0 Å². The Morgan fingerprint density at radius 2 is 1.81 bits per heavy atom. The molecule has 1 heteroatoms. The van der Waals surface area contributed by atoms with Crippen LogP contribution in [0.15, 0.2) is 54.6 Å². The molecule has 0 heterocycles. The first-order chi connectivity index (χ1) is 7.88. The molecule has 2 aromatic rings. The van der Waals surface area contributed by atoms with Crippen molar-refractivity contribution in [1.29, 1.82) is 0 Å². The molecule has 16 heavy (non-hydrogen) atoms. The minimum absolute atomic E-state index is 0.972. The summed E-state index contributed by atoms with van der Waals surface area (Å²) in [7, 11) is 1.94. The predicted octanol–water partition coefficient (Wildman–Crippen LogP) is 3.52. The van der Waals surface area contributed by atoms with Gasteiger partial charge in [-0.2, -0.15) is 0 Å². The van der Waals surface area contributed by atoms with Gasteiger partial charge >= 0.3 is 0 Å². The topological polar surface area (TPSA) is 12.0 Å². The molecule has 0 aliphatic rings. The molecule has 0 atom stereocenters. The Labute approximate surface area is 97.1 Å². The number of nitrogens with one attached hydrogen (secondary N) is 1. The lowest BCUT2D eigenvalue weighted by Gasteiger charge is -2.04. The number of hydrogen-bond donors (Lipinski definition) is 1. The summed E-state index contributed by atoms with van der Waals surface area (Å²) in [6.45, 7) is 0. The van der Waals surface area contributed by atoms with Crippen molar-refractivity contribution >= 4 is 5.69 Å². The normalized spacial score (nSPS) is 10.1. The zero-order valence-electron chi connectivity index (χ0n) is 9.48. The lowest BCUT2D eigenvalue weighted by molar-refractivity contribution is 1.17. The molecule has 0 unspecified atom stereocenters. The standard InChI is InChI=1S/C15H16N/c1-16-15-9-5-8-14(12-15)11-10-13-6-3-2-4-7-13/h2-10,12,16H,11H2,1H3. The molecule has 0 saturated heterocycles. The van der Waals surface area contributed by atoms with E-state index in [9.17, 15) is 0 Å². The minimum Gasteiger partial charge on any atom is -0.388 e. The Morgan fingerprint density at radius 1 is 1.00 bits per heavy atom. The van der Waals surface area contributed by atoms with E-state index >= 15 is 0 Å². The summed E-state index contributed by atoms with van der Waals surface area (Å²) in [5.74, 6) is 0. The van der Waals surface area contributed by atoms with Gasteiger partial charge in [-0.15, -0.1) is 0 Å². The van der Waals surface area contributed by atoms with Crippen LogP contribution in [-0.2, 0) is 6.42 Å². The number of hydrogen-bond acceptors (Lipinski definition) is 1. The van der Waals surface area contributed by atoms with Crippen molar-refractivity contribution < 1.29 is 0 Å². The summed E-state index contributed by atoms with van der Waals surface area (Å²) in [4.78, 5) is 0. The van der Waals surface area contributed by atoms with Crippen molar-refractivity contribution in [2.45, 2.75) is 6.42 Å². The van der Waals surface area contributed by atoms with E-state index in [2.05, 4.69) is 60.3 Å². The van der Waals surface area contributed by atoms with Crippen LogP contribution in [0, 0.1) is 6.42 Å². The second-order valence-corrected chi connectivity index (χ2v) is 3.77. The summed E-state index contributed by atoms with van der Waals surface area (Å²) in [5, 5.41) is 3.15. The van der Waals surface area contributed by atoms with E-state index in [0.29, 0.717) is 0 Å². The van der Waals surface area contributed by atoms with Gasteiger partial charge in [-0.3, -0.25) is 0 Å². The van der Waals surface area contributed by atoms with Crippen LogP contribution < -0.4 is 5.32 Å². The maximum Gasteiger partial charge on any atom is 0.0340 e. The summed E-state index contributed by atoms with van der Waals surface area (Å²) in [6.07, 6.45) is 3.22. The monoisotopic (exact) mass is 210 g/mol. The Morgan fingerprint density at radius 3 is 2.56 bits per heavy atom. The largest absolute Gasteiger partial charge is 0.388 e. The minimum atomic E-state index is 0.972. The number of benzene rings is 2. The molecule has 81 valence electrons. The summed E-state index contributed by atoms with van der Waals surface area (Å²) < 4.78 is 0. The molecule has 0 bridgehead atoms. The second-order valence-electron chi connectivity index (χ2n) is 3.77. The first-order valence-electron chi connectivity index (χ1n) is 5.53. The highest BCUT2D eigenvalue weighted by Gasteiger charge is 1.96. The van der Waals surface area contributed by atoms with Gasteiger partial charge in [-0.05, 0) is 36.1 Å². The molecular weight excluding hydrogens is 194 g/mol. The van der Waals surface area contributed by atoms with Crippen LogP contribution in [0.1, 0.15) is 11.1 Å². The molecule has 2 rings (SSSR count). The molecule has 0 spiro atoms. The Kier molecular flexibility index (Phi) is 3.60. The lowest BCUT2D eigenvalue weighted by atomic mass is 10.0. The molecular formula is C15H16N. The first kappa shape index (κ1) is 10.7. The fraction of sp³-hybridized carbons (Fsp3) is 0.133. The van der Waals surface area contributed by atoms with E-state index in [1.165, 1.54) is 16.8 Å². The van der Waals surface area contributed by atoms with Crippen molar-refractivity contribution in [2.75, 3.05) is 12.4 Å². The maximum atomic E-state index is 3.15. The quantitative estimate of drug-likeness (QED) is 0.814. The van der Waals surface area contributed by atoms with Gasteiger partial charge in [-0.1, -0.05) is 42.5 Å². The van der Waals surface area contributed by atoms with Gasteiger partial charge in [0.05, 0.1) is 0 Å².